The van der Waals surface area contributed by atoms with Crippen LogP contribution >= 0.6 is 11.6 Å². The Morgan fingerprint density at radius 2 is 2.00 bits per heavy atom. The molecule has 2 heterocycles. The molecule has 0 aliphatic carbocycles. The van der Waals surface area contributed by atoms with Gasteiger partial charge in [0.25, 0.3) is 0 Å². The Balaban J connectivity index is 1.60. The van der Waals surface area contributed by atoms with Gasteiger partial charge in [0.15, 0.2) is 0 Å². The fraction of sp³-hybridized carbons (Fsp3) is 0.333. The minimum atomic E-state index is 0.00740. The predicted octanol–water partition coefficient (Wildman–Crippen LogP) is 3.85. The fourth-order valence-electron chi connectivity index (χ4n) is 2.64. The molecule has 6 nitrogen and oxygen atoms in total. The van der Waals surface area contributed by atoms with Gasteiger partial charge in [-0.3, -0.25) is 4.79 Å². The second kappa shape index (κ2) is 8.18. The minimum absolute atomic E-state index is 0.00740. The maximum absolute atomic E-state index is 12.2. The number of hydrogen-bond acceptors (Lipinski definition) is 5. The molecule has 1 aliphatic heterocycles. The lowest BCUT2D eigenvalue weighted by molar-refractivity contribution is -0.122. The first-order valence-corrected chi connectivity index (χ1v) is 8.49. The molecule has 0 saturated carbocycles. The highest BCUT2D eigenvalue weighted by Crippen LogP contribution is 2.28. The lowest BCUT2D eigenvalue weighted by Gasteiger charge is -2.21. The van der Waals surface area contributed by atoms with E-state index in [0.29, 0.717) is 35.5 Å². The van der Waals surface area contributed by atoms with E-state index in [9.17, 15) is 4.79 Å². The van der Waals surface area contributed by atoms with Gasteiger partial charge in [0.05, 0.1) is 24.0 Å². The van der Waals surface area contributed by atoms with Crippen LogP contribution in [0.5, 0.6) is 5.75 Å². The van der Waals surface area contributed by atoms with Gasteiger partial charge in [0.2, 0.25) is 5.91 Å². The van der Waals surface area contributed by atoms with Gasteiger partial charge in [0.1, 0.15) is 11.6 Å². The van der Waals surface area contributed by atoms with Gasteiger partial charge in [-0.1, -0.05) is 11.6 Å². The van der Waals surface area contributed by atoms with Crippen molar-refractivity contribution < 1.29 is 14.3 Å². The number of ether oxygens (including phenoxy) is 2. The fourth-order valence-corrected chi connectivity index (χ4v) is 2.90. The third kappa shape index (κ3) is 4.61. The summed E-state index contributed by atoms with van der Waals surface area (Å²) in [6.07, 6.45) is 3.15. The summed E-state index contributed by atoms with van der Waals surface area (Å²) in [6.45, 7) is 1.28. The molecular weight excluding hydrogens is 342 g/mol. The maximum atomic E-state index is 12.2. The molecule has 1 aliphatic rings. The van der Waals surface area contributed by atoms with Crippen LogP contribution in [-0.4, -0.2) is 31.2 Å². The Bertz CT molecular complexity index is 731. The number of rotatable bonds is 5. The summed E-state index contributed by atoms with van der Waals surface area (Å²) >= 11 is 6.11. The summed E-state index contributed by atoms with van der Waals surface area (Å²) in [5.74, 6) is 1.30. The molecule has 2 aromatic rings. The molecule has 25 heavy (non-hydrogen) atoms. The Kier molecular flexibility index (Phi) is 5.73. The molecule has 0 unspecified atom stereocenters. The van der Waals surface area contributed by atoms with Crippen molar-refractivity contribution in [2.24, 2.45) is 5.92 Å². The zero-order valence-electron chi connectivity index (χ0n) is 13.9. The SMILES string of the molecule is COc1ccc(Nc2ccc(NC(=O)C3CCOCC3)cn2)cc1Cl. The number of amides is 1. The monoisotopic (exact) mass is 361 g/mol. The van der Waals surface area contributed by atoms with Crippen LogP contribution in [-0.2, 0) is 9.53 Å². The maximum Gasteiger partial charge on any atom is 0.227 e. The summed E-state index contributed by atoms with van der Waals surface area (Å²) in [5, 5.41) is 6.59. The van der Waals surface area contributed by atoms with Crippen LogP contribution in [0.3, 0.4) is 0 Å². The van der Waals surface area contributed by atoms with E-state index in [4.69, 9.17) is 21.1 Å². The molecule has 0 bridgehead atoms. The summed E-state index contributed by atoms with van der Waals surface area (Å²) in [4.78, 5) is 16.5. The van der Waals surface area contributed by atoms with Gasteiger partial charge in [-0.15, -0.1) is 0 Å². The molecule has 0 radical (unpaired) electrons. The van der Waals surface area contributed by atoms with E-state index in [2.05, 4.69) is 15.6 Å². The molecule has 0 spiro atoms. The molecule has 1 saturated heterocycles. The van der Waals surface area contributed by atoms with Crippen molar-refractivity contribution in [3.8, 4) is 5.75 Å². The number of hydrogen-bond donors (Lipinski definition) is 2. The van der Waals surface area contributed by atoms with Crippen molar-refractivity contribution in [2.75, 3.05) is 31.0 Å². The zero-order valence-corrected chi connectivity index (χ0v) is 14.7. The van der Waals surface area contributed by atoms with Crippen molar-refractivity contribution in [3.63, 3.8) is 0 Å². The number of halogens is 1. The highest BCUT2D eigenvalue weighted by Gasteiger charge is 2.21. The molecule has 1 aromatic heterocycles. The lowest BCUT2D eigenvalue weighted by atomic mass is 9.99. The Morgan fingerprint density at radius 3 is 2.64 bits per heavy atom. The van der Waals surface area contributed by atoms with E-state index >= 15 is 0 Å². The molecule has 2 N–H and O–H groups in total. The van der Waals surface area contributed by atoms with Crippen LogP contribution in [0.1, 0.15) is 12.8 Å². The average Bonchev–Trinajstić information content (AvgIpc) is 2.64. The molecule has 132 valence electrons. The summed E-state index contributed by atoms with van der Waals surface area (Å²) in [7, 11) is 1.57. The van der Waals surface area contributed by atoms with Gasteiger partial charge >= 0.3 is 0 Å². The van der Waals surface area contributed by atoms with Gasteiger partial charge < -0.3 is 20.1 Å². The molecule has 7 heteroatoms. The van der Waals surface area contributed by atoms with Crippen molar-refractivity contribution in [1.82, 2.24) is 4.98 Å². The predicted molar refractivity (Wildman–Crippen MR) is 97.7 cm³/mol. The number of nitrogens with zero attached hydrogens (tertiary/aromatic N) is 1. The summed E-state index contributed by atoms with van der Waals surface area (Å²) in [5.41, 5.74) is 1.48. The largest absolute Gasteiger partial charge is 0.495 e. The number of anilines is 3. The second-order valence-corrected chi connectivity index (χ2v) is 6.19. The van der Waals surface area contributed by atoms with Gasteiger partial charge in [-0.2, -0.15) is 0 Å². The molecule has 1 amide bonds. The Hall–Kier alpha value is -2.31. The number of nitrogens with one attached hydrogen (secondary N) is 2. The summed E-state index contributed by atoms with van der Waals surface area (Å²) < 4.78 is 10.4. The third-order valence-electron chi connectivity index (χ3n) is 4.05. The Morgan fingerprint density at radius 1 is 1.24 bits per heavy atom. The highest BCUT2D eigenvalue weighted by atomic mass is 35.5. The van der Waals surface area contributed by atoms with Crippen LogP contribution in [0.15, 0.2) is 36.5 Å². The third-order valence-corrected chi connectivity index (χ3v) is 4.34. The van der Waals surface area contributed by atoms with Crippen LogP contribution in [0.25, 0.3) is 0 Å². The molecule has 1 aromatic carbocycles. The number of benzene rings is 1. The van der Waals surface area contributed by atoms with E-state index in [1.165, 1.54) is 0 Å². The van der Waals surface area contributed by atoms with Gasteiger partial charge in [-0.05, 0) is 43.2 Å². The molecule has 0 atom stereocenters. The van der Waals surface area contributed by atoms with Crippen molar-refractivity contribution in [3.05, 3.63) is 41.6 Å². The first kappa shape index (κ1) is 17.5. The van der Waals surface area contributed by atoms with Gasteiger partial charge in [-0.25, -0.2) is 4.98 Å². The number of pyridine rings is 1. The van der Waals surface area contributed by atoms with Crippen LogP contribution in [0, 0.1) is 5.92 Å². The molecule has 3 rings (SSSR count). The van der Waals surface area contributed by atoms with Crippen LogP contribution in [0.2, 0.25) is 5.02 Å². The lowest BCUT2D eigenvalue weighted by Crippen LogP contribution is -2.28. The van der Waals surface area contributed by atoms with E-state index in [0.717, 1.165) is 18.5 Å². The smallest absolute Gasteiger partial charge is 0.227 e. The number of carbonyl (C=O) groups excluding carboxylic acids is 1. The topological polar surface area (TPSA) is 72.5 Å². The van der Waals surface area contributed by atoms with Crippen molar-refractivity contribution in [2.45, 2.75) is 12.8 Å². The van der Waals surface area contributed by atoms with Crippen LogP contribution in [0.4, 0.5) is 17.2 Å². The first-order chi connectivity index (χ1) is 12.2. The zero-order chi connectivity index (χ0) is 17.6. The van der Waals surface area contributed by atoms with Crippen LogP contribution < -0.4 is 15.4 Å². The number of methoxy groups -OCH3 is 1. The van der Waals surface area contributed by atoms with E-state index < -0.39 is 0 Å². The number of aromatic nitrogens is 1. The number of carbonyl (C=O) groups is 1. The minimum Gasteiger partial charge on any atom is -0.495 e. The average molecular weight is 362 g/mol. The normalized spacial score (nSPS) is 14.8. The van der Waals surface area contributed by atoms with Gasteiger partial charge in [0, 0.05) is 24.8 Å². The van der Waals surface area contributed by atoms with E-state index in [1.54, 1.807) is 31.5 Å². The van der Waals surface area contributed by atoms with Crippen molar-refractivity contribution in [1.29, 1.82) is 0 Å². The van der Waals surface area contributed by atoms with Crippen molar-refractivity contribution >= 4 is 34.7 Å². The molecular formula is C18H20ClN3O3. The highest BCUT2D eigenvalue weighted by molar-refractivity contribution is 6.32. The van der Waals surface area contributed by atoms with E-state index in [-0.39, 0.29) is 11.8 Å². The Labute approximate surface area is 151 Å². The quantitative estimate of drug-likeness (QED) is 0.846. The van der Waals surface area contributed by atoms with E-state index in [1.807, 2.05) is 12.1 Å². The summed E-state index contributed by atoms with van der Waals surface area (Å²) in [6, 6.07) is 9.03. The first-order valence-electron chi connectivity index (χ1n) is 8.11. The second-order valence-electron chi connectivity index (χ2n) is 5.78. The molecule has 1 fully saturated rings. The standard InChI is InChI=1S/C18H20ClN3O3/c1-24-16-4-2-13(10-15(16)19)21-17-5-3-14(11-20-17)22-18(23)12-6-8-25-9-7-12/h2-5,10-12H,6-9H2,1H3,(H,20,21)(H,22,23).